The fraction of sp³-hybridized carbons (Fsp3) is 0.176. The molecule has 0 aromatic carbocycles. The molecule has 11 heteroatoms. The van der Waals surface area contributed by atoms with Gasteiger partial charge in [0.1, 0.15) is 10.7 Å². The first-order valence-electron chi connectivity index (χ1n) is 8.24. The van der Waals surface area contributed by atoms with Crippen LogP contribution in [0.25, 0.3) is 0 Å². The van der Waals surface area contributed by atoms with Gasteiger partial charge in [0, 0.05) is 43.4 Å². The third-order valence-electron chi connectivity index (χ3n) is 4.32. The molecule has 3 N–H and O–H groups in total. The molecule has 1 saturated heterocycles. The van der Waals surface area contributed by atoms with Gasteiger partial charge in [-0.1, -0.05) is 0 Å². The number of aromatic nitrogens is 4. The summed E-state index contributed by atoms with van der Waals surface area (Å²) in [7, 11) is 1.74. The maximum absolute atomic E-state index is 12.6. The zero-order chi connectivity index (χ0) is 19.7. The second-order valence-corrected chi connectivity index (χ2v) is 7.09. The molecule has 4 amide bonds. The number of nitrogens with zero attached hydrogens (tertiary/aromatic N) is 4. The van der Waals surface area contributed by atoms with Crippen molar-refractivity contribution in [2.75, 3.05) is 5.32 Å². The van der Waals surface area contributed by atoms with E-state index < -0.39 is 17.5 Å². The topological polar surface area (TPSA) is 131 Å². The minimum Gasteiger partial charge on any atom is -0.336 e. The lowest BCUT2D eigenvalue weighted by Gasteiger charge is -2.25. The lowest BCUT2D eigenvalue weighted by molar-refractivity contribution is -0.124. The Labute approximate surface area is 163 Å². The summed E-state index contributed by atoms with van der Waals surface area (Å²) >= 11 is 1.23. The number of thiazole rings is 1. The van der Waals surface area contributed by atoms with E-state index in [1.807, 2.05) is 0 Å². The van der Waals surface area contributed by atoms with Crippen LogP contribution in [0.15, 0.2) is 42.4 Å². The second kappa shape index (κ2) is 6.85. The van der Waals surface area contributed by atoms with E-state index in [1.165, 1.54) is 23.7 Å². The molecular weight excluding hydrogens is 382 g/mol. The molecule has 0 spiro atoms. The number of hydrogen-bond acceptors (Lipinski definition) is 7. The highest BCUT2D eigenvalue weighted by Gasteiger charge is 2.50. The molecule has 1 fully saturated rings. The fourth-order valence-corrected chi connectivity index (χ4v) is 3.59. The van der Waals surface area contributed by atoms with Crippen LogP contribution in [0.2, 0.25) is 0 Å². The lowest BCUT2D eigenvalue weighted by Crippen LogP contribution is -2.48. The SMILES string of the molecule is Cn1ccnc1C1(Cc2cc(NC(=O)c3cncs3)ccn2)NC(=O)NC1=O. The normalized spacial score (nSPS) is 18.6. The van der Waals surface area contributed by atoms with Crippen molar-refractivity contribution in [3.63, 3.8) is 0 Å². The molecule has 3 aromatic rings. The monoisotopic (exact) mass is 397 g/mol. The van der Waals surface area contributed by atoms with E-state index >= 15 is 0 Å². The summed E-state index contributed by atoms with van der Waals surface area (Å²) in [6.07, 6.45) is 6.32. The highest BCUT2D eigenvalue weighted by atomic mass is 32.1. The van der Waals surface area contributed by atoms with Gasteiger partial charge in [-0.05, 0) is 12.1 Å². The minimum absolute atomic E-state index is 0.0691. The van der Waals surface area contributed by atoms with Crippen LogP contribution in [0.1, 0.15) is 21.2 Å². The van der Waals surface area contributed by atoms with E-state index in [1.54, 1.807) is 41.7 Å². The van der Waals surface area contributed by atoms with Gasteiger partial charge >= 0.3 is 6.03 Å². The molecule has 142 valence electrons. The number of amides is 4. The molecule has 1 aliphatic heterocycles. The Morgan fingerprint density at radius 1 is 1.32 bits per heavy atom. The zero-order valence-electron chi connectivity index (χ0n) is 14.7. The second-order valence-electron chi connectivity index (χ2n) is 6.21. The van der Waals surface area contributed by atoms with Gasteiger partial charge in [0.25, 0.3) is 11.8 Å². The van der Waals surface area contributed by atoms with E-state index in [0.717, 1.165) is 0 Å². The van der Waals surface area contributed by atoms with Crippen molar-refractivity contribution in [2.24, 2.45) is 7.05 Å². The number of rotatable bonds is 5. The molecular formula is C17H15N7O3S. The van der Waals surface area contributed by atoms with Crippen molar-refractivity contribution in [1.29, 1.82) is 0 Å². The van der Waals surface area contributed by atoms with Crippen LogP contribution in [-0.2, 0) is 23.8 Å². The Morgan fingerprint density at radius 3 is 2.82 bits per heavy atom. The van der Waals surface area contributed by atoms with Gasteiger partial charge in [0.05, 0.1) is 11.7 Å². The molecule has 1 aliphatic rings. The number of carbonyl (C=O) groups is 3. The summed E-state index contributed by atoms with van der Waals surface area (Å²) in [5.74, 6) is -0.408. The van der Waals surface area contributed by atoms with E-state index in [0.29, 0.717) is 22.1 Å². The smallest absolute Gasteiger partial charge is 0.322 e. The van der Waals surface area contributed by atoms with Crippen LogP contribution in [0.5, 0.6) is 0 Å². The summed E-state index contributed by atoms with van der Waals surface area (Å²) in [5, 5.41) is 7.71. The molecule has 1 atom stereocenters. The highest BCUT2D eigenvalue weighted by molar-refractivity contribution is 7.11. The Hall–Kier alpha value is -3.60. The predicted molar refractivity (Wildman–Crippen MR) is 99.6 cm³/mol. The third-order valence-corrected chi connectivity index (χ3v) is 5.09. The first-order chi connectivity index (χ1) is 13.5. The quantitative estimate of drug-likeness (QED) is 0.546. The van der Waals surface area contributed by atoms with Crippen molar-refractivity contribution in [3.8, 4) is 0 Å². The Bertz CT molecular complexity index is 1060. The number of imide groups is 1. The number of aryl methyl sites for hydroxylation is 1. The fourth-order valence-electron chi connectivity index (χ4n) is 3.07. The molecule has 4 heterocycles. The highest BCUT2D eigenvalue weighted by Crippen LogP contribution is 2.28. The molecule has 4 rings (SSSR count). The van der Waals surface area contributed by atoms with E-state index in [4.69, 9.17) is 0 Å². The number of carbonyl (C=O) groups excluding carboxylic acids is 3. The van der Waals surface area contributed by atoms with Crippen LogP contribution in [0.3, 0.4) is 0 Å². The van der Waals surface area contributed by atoms with Gasteiger partial charge in [0.15, 0.2) is 5.54 Å². The Kier molecular flexibility index (Phi) is 4.35. The van der Waals surface area contributed by atoms with Crippen molar-refractivity contribution in [1.82, 2.24) is 30.2 Å². The maximum Gasteiger partial charge on any atom is 0.322 e. The van der Waals surface area contributed by atoms with Crippen molar-refractivity contribution in [3.05, 3.63) is 58.8 Å². The van der Waals surface area contributed by atoms with Crippen LogP contribution >= 0.6 is 11.3 Å². The van der Waals surface area contributed by atoms with Crippen LogP contribution in [0.4, 0.5) is 10.5 Å². The number of imidazole rings is 1. The molecule has 10 nitrogen and oxygen atoms in total. The van der Waals surface area contributed by atoms with Crippen molar-refractivity contribution >= 4 is 34.9 Å². The van der Waals surface area contributed by atoms with Gasteiger partial charge in [-0.3, -0.25) is 24.9 Å². The molecule has 0 bridgehead atoms. The average molecular weight is 397 g/mol. The molecule has 0 aliphatic carbocycles. The van der Waals surface area contributed by atoms with Gasteiger partial charge in [0.2, 0.25) is 0 Å². The van der Waals surface area contributed by atoms with E-state index in [2.05, 4.69) is 30.9 Å². The first-order valence-corrected chi connectivity index (χ1v) is 9.12. The largest absolute Gasteiger partial charge is 0.336 e. The maximum atomic E-state index is 12.6. The lowest BCUT2D eigenvalue weighted by atomic mass is 9.92. The van der Waals surface area contributed by atoms with Crippen LogP contribution in [-0.4, -0.2) is 37.4 Å². The van der Waals surface area contributed by atoms with Gasteiger partial charge < -0.3 is 15.2 Å². The summed E-state index contributed by atoms with van der Waals surface area (Å²) in [6, 6.07) is 2.70. The third kappa shape index (κ3) is 3.11. The van der Waals surface area contributed by atoms with Gasteiger partial charge in [-0.2, -0.15) is 0 Å². The number of anilines is 1. The Morgan fingerprint density at radius 2 is 2.18 bits per heavy atom. The summed E-state index contributed by atoms with van der Waals surface area (Å²) < 4.78 is 1.67. The van der Waals surface area contributed by atoms with Crippen LogP contribution in [0, 0.1) is 0 Å². The molecule has 28 heavy (non-hydrogen) atoms. The van der Waals surface area contributed by atoms with Gasteiger partial charge in [-0.15, -0.1) is 11.3 Å². The Balaban J connectivity index is 1.63. The van der Waals surface area contributed by atoms with Crippen molar-refractivity contribution in [2.45, 2.75) is 12.0 Å². The minimum atomic E-state index is -1.39. The van der Waals surface area contributed by atoms with E-state index in [9.17, 15) is 14.4 Å². The molecule has 3 aromatic heterocycles. The molecule has 0 radical (unpaired) electrons. The number of hydrogen-bond donors (Lipinski definition) is 3. The summed E-state index contributed by atoms with van der Waals surface area (Å²) in [6.45, 7) is 0. The van der Waals surface area contributed by atoms with E-state index in [-0.39, 0.29) is 12.3 Å². The van der Waals surface area contributed by atoms with Gasteiger partial charge in [-0.25, -0.2) is 9.78 Å². The summed E-state index contributed by atoms with van der Waals surface area (Å²) in [4.78, 5) is 49.6. The van der Waals surface area contributed by atoms with Crippen molar-refractivity contribution < 1.29 is 14.4 Å². The number of nitrogens with one attached hydrogen (secondary N) is 3. The summed E-state index contributed by atoms with van der Waals surface area (Å²) in [5.41, 5.74) is 1.21. The molecule has 1 unspecified atom stereocenters. The standard InChI is InChI=1S/C17H15N7O3S/c1-24-5-4-20-14(24)17(15(26)22-16(27)23-17)7-11-6-10(2-3-19-11)21-13(25)12-8-18-9-28-12/h2-6,8-9H,7H2,1H3,(H,19,21,25)(H2,22,23,26,27). The van der Waals surface area contributed by atoms with Crippen LogP contribution < -0.4 is 16.0 Å². The average Bonchev–Trinajstić information content (AvgIpc) is 3.37. The molecule has 0 saturated carbocycles. The first kappa shape index (κ1) is 17.8. The predicted octanol–water partition coefficient (Wildman–Crippen LogP) is 0.801. The number of urea groups is 1. The number of pyridine rings is 1. The zero-order valence-corrected chi connectivity index (χ0v) is 15.5.